The zero-order valence-corrected chi connectivity index (χ0v) is 25.6. The number of rotatable bonds is 17. The van der Waals surface area contributed by atoms with E-state index >= 15 is 0 Å². The Balaban J connectivity index is 0.000000380. The van der Waals surface area contributed by atoms with Crippen LogP contribution in [0.3, 0.4) is 0 Å². The zero-order valence-electron chi connectivity index (χ0n) is 25.6. The number of carbonyl (C=O) groups excluding carboxylic acids is 2. The van der Waals surface area contributed by atoms with Gasteiger partial charge < -0.3 is 9.47 Å². The van der Waals surface area contributed by atoms with Gasteiger partial charge in [0.25, 0.3) is 0 Å². The maximum absolute atomic E-state index is 12.7. The van der Waals surface area contributed by atoms with Crippen LogP contribution in [0.1, 0.15) is 125 Å². The fraction of sp³-hybridized carbons (Fsp3) is 0.706. The molecule has 0 spiro atoms. The summed E-state index contributed by atoms with van der Waals surface area (Å²) in [5.74, 6) is 0.903. The van der Waals surface area contributed by atoms with Crippen LogP contribution < -0.4 is 0 Å². The number of hydrogen-bond donors (Lipinski definition) is 0. The van der Waals surface area contributed by atoms with E-state index in [9.17, 15) is 9.59 Å². The fourth-order valence-electron chi connectivity index (χ4n) is 5.44. The lowest BCUT2D eigenvalue weighted by molar-refractivity contribution is -0.134. The van der Waals surface area contributed by atoms with Crippen molar-refractivity contribution in [2.24, 2.45) is 5.92 Å². The van der Waals surface area contributed by atoms with Crippen LogP contribution in [0.15, 0.2) is 47.6 Å². The monoisotopic (exact) mass is 528 g/mol. The van der Waals surface area contributed by atoms with E-state index in [0.717, 1.165) is 49.7 Å². The highest BCUT2D eigenvalue weighted by molar-refractivity contribution is 5.93. The number of methoxy groups -OCH3 is 2. The molecular formula is C34H56O4. The molecule has 0 heterocycles. The van der Waals surface area contributed by atoms with E-state index < -0.39 is 11.2 Å². The van der Waals surface area contributed by atoms with E-state index in [0.29, 0.717) is 18.8 Å². The molecule has 2 rings (SSSR count). The molecule has 0 radical (unpaired) electrons. The van der Waals surface area contributed by atoms with Gasteiger partial charge in [-0.25, -0.2) is 0 Å². The molecule has 2 aliphatic carbocycles. The lowest BCUT2D eigenvalue weighted by atomic mass is 9.80. The van der Waals surface area contributed by atoms with Crippen LogP contribution in [0, 0.1) is 5.92 Å². The molecule has 0 fully saturated rings. The van der Waals surface area contributed by atoms with Gasteiger partial charge in [0.1, 0.15) is 0 Å². The highest BCUT2D eigenvalue weighted by atomic mass is 16.5. The first-order valence-corrected chi connectivity index (χ1v) is 15.1. The summed E-state index contributed by atoms with van der Waals surface area (Å²) in [7, 11) is 3.27. The summed E-state index contributed by atoms with van der Waals surface area (Å²) in [6, 6.07) is 0. The Hall–Kier alpha value is -1.78. The van der Waals surface area contributed by atoms with Crippen molar-refractivity contribution in [1.29, 1.82) is 0 Å². The van der Waals surface area contributed by atoms with Gasteiger partial charge in [0.05, 0.1) is 0 Å². The molecule has 216 valence electrons. The molecule has 0 saturated carbocycles. The van der Waals surface area contributed by atoms with Crippen molar-refractivity contribution in [3.05, 3.63) is 47.6 Å². The highest BCUT2D eigenvalue weighted by Gasteiger charge is 2.39. The quantitative estimate of drug-likeness (QED) is 0.140. The van der Waals surface area contributed by atoms with Gasteiger partial charge in [0.2, 0.25) is 0 Å². The number of hydrogen-bond acceptors (Lipinski definition) is 4. The first kappa shape index (κ1) is 34.2. The first-order chi connectivity index (χ1) is 18.3. The van der Waals surface area contributed by atoms with Crippen LogP contribution in [0.5, 0.6) is 0 Å². The number of carbonyl (C=O) groups is 2. The number of unbranched alkanes of at least 4 members (excludes halogenated alkanes) is 6. The number of ether oxygens (including phenoxy) is 2. The molecule has 0 aliphatic heterocycles. The minimum Gasteiger partial charge on any atom is -0.362 e. The molecule has 0 amide bonds. The molecule has 4 heteroatoms. The fourth-order valence-corrected chi connectivity index (χ4v) is 5.44. The smallest absolute Gasteiger partial charge is 0.173 e. The van der Waals surface area contributed by atoms with Crippen molar-refractivity contribution in [3.63, 3.8) is 0 Å². The van der Waals surface area contributed by atoms with Gasteiger partial charge in [0, 0.05) is 27.1 Å². The molecule has 4 nitrogen and oxygen atoms in total. The van der Waals surface area contributed by atoms with E-state index in [4.69, 9.17) is 9.47 Å². The normalized spacial score (nSPS) is 23.2. The van der Waals surface area contributed by atoms with E-state index in [2.05, 4.69) is 32.9 Å². The molecule has 2 aliphatic rings. The summed E-state index contributed by atoms with van der Waals surface area (Å²) < 4.78 is 11.1. The van der Waals surface area contributed by atoms with Crippen LogP contribution in [0.2, 0.25) is 0 Å². The van der Waals surface area contributed by atoms with Gasteiger partial charge in [0.15, 0.2) is 22.8 Å². The average Bonchev–Trinajstić information content (AvgIpc) is 2.93. The molecule has 0 N–H and O–H groups in total. The summed E-state index contributed by atoms with van der Waals surface area (Å²) in [4.78, 5) is 25.1. The average molecular weight is 529 g/mol. The third-order valence-electron chi connectivity index (χ3n) is 8.24. The molecule has 0 bridgehead atoms. The lowest BCUT2D eigenvalue weighted by Gasteiger charge is -2.32. The Morgan fingerprint density at radius 1 is 0.763 bits per heavy atom. The molecule has 3 unspecified atom stereocenters. The van der Waals surface area contributed by atoms with E-state index in [1.165, 1.54) is 38.5 Å². The van der Waals surface area contributed by atoms with Gasteiger partial charge in [-0.15, -0.1) is 0 Å². The van der Waals surface area contributed by atoms with E-state index in [1.807, 2.05) is 38.2 Å². The Kier molecular flexibility index (Phi) is 16.7. The third kappa shape index (κ3) is 9.75. The first-order valence-electron chi connectivity index (χ1n) is 15.1. The van der Waals surface area contributed by atoms with Gasteiger partial charge >= 0.3 is 0 Å². The van der Waals surface area contributed by atoms with Crippen LogP contribution >= 0.6 is 0 Å². The van der Waals surface area contributed by atoms with E-state index in [1.54, 1.807) is 14.2 Å². The Morgan fingerprint density at radius 3 is 1.74 bits per heavy atom. The van der Waals surface area contributed by atoms with Crippen LogP contribution in [0.25, 0.3) is 0 Å². The number of Topliss-reactive ketones (excluding diaryl/α,β-unsaturated/α-hetero) is 2. The molecule has 0 saturated heterocycles. The minimum absolute atomic E-state index is 0.204. The second-order valence-corrected chi connectivity index (χ2v) is 10.9. The SMILES string of the molecule is CCCCC(CC)CC(=O)C1(OC)C=CCC=C1C.CCCCCCCCC(=O)C1(OC)C=CCC=C1C. The molecule has 0 aromatic rings. The van der Waals surface area contributed by atoms with Crippen LogP contribution in [-0.2, 0) is 19.1 Å². The zero-order chi connectivity index (χ0) is 28.4. The van der Waals surface area contributed by atoms with Gasteiger partial charge in [-0.05, 0) is 62.3 Å². The summed E-state index contributed by atoms with van der Waals surface area (Å²) >= 11 is 0. The lowest BCUT2D eigenvalue weighted by Crippen LogP contribution is -2.41. The third-order valence-corrected chi connectivity index (χ3v) is 8.24. The van der Waals surface area contributed by atoms with Crippen LogP contribution in [-0.4, -0.2) is 37.0 Å². The van der Waals surface area contributed by atoms with Crippen molar-refractivity contribution < 1.29 is 19.1 Å². The maximum Gasteiger partial charge on any atom is 0.173 e. The molecule has 38 heavy (non-hydrogen) atoms. The highest BCUT2D eigenvalue weighted by Crippen LogP contribution is 2.32. The standard InChI is InChI=1S/2C17H28O2/c1-5-7-11-15(6-2)13-16(18)17(19-4)12-9-8-10-14(17)3;1-4-5-6-7-8-9-13-16(18)17(19-3)14-11-10-12-15(17)2/h9-10,12,15H,5-8,11,13H2,1-4H3;11-12,14H,4-10,13H2,1-3H3. The van der Waals surface area contributed by atoms with Crippen molar-refractivity contribution in [2.75, 3.05) is 14.2 Å². The van der Waals surface area contributed by atoms with Crippen molar-refractivity contribution in [1.82, 2.24) is 0 Å². The van der Waals surface area contributed by atoms with Crippen molar-refractivity contribution in [2.45, 2.75) is 136 Å². The van der Waals surface area contributed by atoms with Gasteiger partial charge in [-0.3, -0.25) is 9.59 Å². The summed E-state index contributed by atoms with van der Waals surface area (Å²) in [5, 5.41) is 0. The Labute approximate surface area is 234 Å². The summed E-state index contributed by atoms with van der Waals surface area (Å²) in [6.07, 6.45) is 27.0. The Bertz CT molecular complexity index is 833. The molecule has 3 atom stereocenters. The second kappa shape index (κ2) is 18.5. The number of allylic oxidation sites excluding steroid dienone is 4. The molecule has 0 aromatic carbocycles. The van der Waals surface area contributed by atoms with Crippen molar-refractivity contribution >= 4 is 11.6 Å². The van der Waals surface area contributed by atoms with Gasteiger partial charge in [-0.2, -0.15) is 0 Å². The van der Waals surface area contributed by atoms with Gasteiger partial charge in [-0.1, -0.05) is 103 Å². The predicted molar refractivity (Wildman–Crippen MR) is 160 cm³/mol. The number of ketones is 2. The largest absolute Gasteiger partial charge is 0.362 e. The minimum atomic E-state index is -0.794. The van der Waals surface area contributed by atoms with Crippen LogP contribution in [0.4, 0.5) is 0 Å². The van der Waals surface area contributed by atoms with Crippen molar-refractivity contribution in [3.8, 4) is 0 Å². The summed E-state index contributed by atoms with van der Waals surface area (Å²) in [6.45, 7) is 10.6. The topological polar surface area (TPSA) is 52.6 Å². The second-order valence-electron chi connectivity index (χ2n) is 10.9. The van der Waals surface area contributed by atoms with E-state index in [-0.39, 0.29) is 11.6 Å². The Morgan fingerprint density at radius 2 is 1.26 bits per heavy atom. The summed E-state index contributed by atoms with van der Waals surface area (Å²) in [5.41, 5.74) is 0.501. The molecule has 0 aromatic heterocycles. The molecular weight excluding hydrogens is 472 g/mol. The maximum atomic E-state index is 12.7. The predicted octanol–water partition coefficient (Wildman–Crippen LogP) is 9.05.